The van der Waals surface area contributed by atoms with E-state index < -0.39 is 0 Å². The number of aliphatic hydroxyl groups is 1. The summed E-state index contributed by atoms with van der Waals surface area (Å²) in [7, 11) is 0. The Morgan fingerprint density at radius 2 is 2.11 bits per heavy atom. The van der Waals surface area contributed by atoms with Gasteiger partial charge in [-0.15, -0.1) is 0 Å². The number of nitrogens with zero attached hydrogens (tertiary/aromatic N) is 1. The summed E-state index contributed by atoms with van der Waals surface area (Å²) < 4.78 is 0. The van der Waals surface area contributed by atoms with Gasteiger partial charge in [0.1, 0.15) is 0 Å². The second kappa shape index (κ2) is 6.21. The Labute approximate surface area is 112 Å². The first kappa shape index (κ1) is 13.4. The lowest BCUT2D eigenvalue weighted by molar-refractivity contribution is 0.0600. The van der Waals surface area contributed by atoms with E-state index in [9.17, 15) is 9.90 Å². The Bertz CT molecular complexity index is 422. The summed E-state index contributed by atoms with van der Waals surface area (Å²) in [5.74, 6) is -0.0680. The molecule has 4 heteroatoms. The number of benzene rings is 1. The minimum absolute atomic E-state index is 0.0240. The van der Waals surface area contributed by atoms with E-state index in [2.05, 4.69) is 0 Å². The van der Waals surface area contributed by atoms with Gasteiger partial charge in [0.2, 0.25) is 0 Å². The standard InChI is InChI=1S/C14H18ClNO2/c15-13-8-4-3-7-12(13)14(18)16-9-5-1-2-6-11(16)10-17/h3-4,7-8,11,17H,1-2,5-6,9-10H2. The van der Waals surface area contributed by atoms with Crippen molar-refractivity contribution in [1.82, 2.24) is 4.90 Å². The van der Waals surface area contributed by atoms with Gasteiger partial charge in [0.15, 0.2) is 0 Å². The Balaban J connectivity index is 2.23. The largest absolute Gasteiger partial charge is 0.394 e. The molecule has 1 atom stereocenters. The Morgan fingerprint density at radius 1 is 1.33 bits per heavy atom. The fourth-order valence-electron chi connectivity index (χ4n) is 2.42. The molecule has 0 aliphatic carbocycles. The quantitative estimate of drug-likeness (QED) is 0.895. The maximum atomic E-state index is 12.5. The van der Waals surface area contributed by atoms with E-state index in [1.807, 2.05) is 12.1 Å². The summed E-state index contributed by atoms with van der Waals surface area (Å²) in [6.07, 6.45) is 4.04. The molecule has 0 radical (unpaired) electrons. The van der Waals surface area contributed by atoms with Crippen molar-refractivity contribution in [3.63, 3.8) is 0 Å². The molecule has 2 rings (SSSR count). The molecule has 1 aliphatic heterocycles. The molecule has 0 spiro atoms. The maximum Gasteiger partial charge on any atom is 0.255 e. The first-order chi connectivity index (χ1) is 8.74. The summed E-state index contributed by atoms with van der Waals surface area (Å²) in [4.78, 5) is 14.2. The number of aliphatic hydroxyl groups excluding tert-OH is 1. The molecular formula is C14H18ClNO2. The fourth-order valence-corrected chi connectivity index (χ4v) is 2.64. The van der Waals surface area contributed by atoms with Gasteiger partial charge in [-0.2, -0.15) is 0 Å². The van der Waals surface area contributed by atoms with Crippen LogP contribution in [0.3, 0.4) is 0 Å². The highest BCUT2D eigenvalue weighted by molar-refractivity contribution is 6.33. The van der Waals surface area contributed by atoms with Gasteiger partial charge in [-0.25, -0.2) is 0 Å². The average molecular weight is 268 g/mol. The highest BCUT2D eigenvalue weighted by atomic mass is 35.5. The van der Waals surface area contributed by atoms with Gasteiger partial charge >= 0.3 is 0 Å². The van der Waals surface area contributed by atoms with Gasteiger partial charge < -0.3 is 10.0 Å². The zero-order chi connectivity index (χ0) is 13.0. The summed E-state index contributed by atoms with van der Waals surface area (Å²) in [6, 6.07) is 7.01. The van der Waals surface area contributed by atoms with E-state index in [1.54, 1.807) is 17.0 Å². The van der Waals surface area contributed by atoms with E-state index in [1.165, 1.54) is 0 Å². The van der Waals surface area contributed by atoms with E-state index in [4.69, 9.17) is 11.6 Å². The van der Waals surface area contributed by atoms with Crippen molar-refractivity contribution >= 4 is 17.5 Å². The third-order valence-electron chi connectivity index (χ3n) is 3.45. The van der Waals surface area contributed by atoms with Crippen LogP contribution in [0, 0.1) is 0 Å². The number of carbonyl (C=O) groups is 1. The van der Waals surface area contributed by atoms with Gasteiger partial charge in [-0.3, -0.25) is 4.79 Å². The van der Waals surface area contributed by atoms with E-state index >= 15 is 0 Å². The van der Waals surface area contributed by atoms with Crippen LogP contribution in [-0.2, 0) is 0 Å². The molecule has 0 saturated carbocycles. The van der Waals surface area contributed by atoms with Crippen molar-refractivity contribution < 1.29 is 9.90 Å². The average Bonchev–Trinajstić information content (AvgIpc) is 2.63. The van der Waals surface area contributed by atoms with Crippen molar-refractivity contribution in [2.75, 3.05) is 13.2 Å². The van der Waals surface area contributed by atoms with Crippen LogP contribution in [-0.4, -0.2) is 35.1 Å². The van der Waals surface area contributed by atoms with Crippen molar-refractivity contribution in [3.8, 4) is 0 Å². The molecule has 1 fully saturated rings. The van der Waals surface area contributed by atoms with Crippen LogP contribution in [0.5, 0.6) is 0 Å². The molecule has 98 valence electrons. The monoisotopic (exact) mass is 267 g/mol. The summed E-state index contributed by atoms with van der Waals surface area (Å²) in [5.41, 5.74) is 0.527. The lowest BCUT2D eigenvalue weighted by Crippen LogP contribution is -2.42. The zero-order valence-corrected chi connectivity index (χ0v) is 11.1. The predicted molar refractivity (Wildman–Crippen MR) is 71.8 cm³/mol. The normalized spacial score (nSPS) is 20.6. The number of carbonyl (C=O) groups excluding carboxylic acids is 1. The molecule has 1 aromatic carbocycles. The number of amides is 1. The van der Waals surface area contributed by atoms with Crippen LogP contribution >= 0.6 is 11.6 Å². The molecule has 1 saturated heterocycles. The third kappa shape index (κ3) is 2.85. The van der Waals surface area contributed by atoms with Gasteiger partial charge in [-0.1, -0.05) is 36.6 Å². The molecule has 1 N–H and O–H groups in total. The second-order valence-electron chi connectivity index (χ2n) is 4.66. The SMILES string of the molecule is O=C(c1ccccc1Cl)N1CCCCCC1CO. The Hall–Kier alpha value is -1.06. The van der Waals surface area contributed by atoms with E-state index in [0.717, 1.165) is 25.7 Å². The van der Waals surface area contributed by atoms with Crippen LogP contribution in [0.2, 0.25) is 5.02 Å². The minimum Gasteiger partial charge on any atom is -0.394 e. The molecule has 0 bridgehead atoms. The number of likely N-dealkylation sites (tertiary alicyclic amines) is 1. The van der Waals surface area contributed by atoms with E-state index in [0.29, 0.717) is 17.1 Å². The van der Waals surface area contributed by atoms with Gasteiger partial charge in [0, 0.05) is 6.54 Å². The van der Waals surface area contributed by atoms with Crippen LogP contribution in [0.25, 0.3) is 0 Å². The van der Waals surface area contributed by atoms with Crippen LogP contribution in [0.15, 0.2) is 24.3 Å². The number of rotatable bonds is 2. The van der Waals surface area contributed by atoms with Crippen LogP contribution in [0.1, 0.15) is 36.0 Å². The molecule has 1 unspecified atom stereocenters. The summed E-state index contributed by atoms with van der Waals surface area (Å²) in [5, 5.41) is 9.90. The lowest BCUT2D eigenvalue weighted by Gasteiger charge is -2.29. The Morgan fingerprint density at radius 3 is 2.83 bits per heavy atom. The van der Waals surface area contributed by atoms with Crippen molar-refractivity contribution in [2.24, 2.45) is 0 Å². The van der Waals surface area contributed by atoms with E-state index in [-0.39, 0.29) is 18.6 Å². The fraction of sp³-hybridized carbons (Fsp3) is 0.500. The van der Waals surface area contributed by atoms with Crippen molar-refractivity contribution in [2.45, 2.75) is 31.7 Å². The predicted octanol–water partition coefficient (Wildman–Crippen LogP) is 2.72. The number of hydrogen-bond donors (Lipinski definition) is 1. The molecular weight excluding hydrogens is 250 g/mol. The highest BCUT2D eigenvalue weighted by Crippen LogP contribution is 2.22. The maximum absolute atomic E-state index is 12.5. The molecule has 0 aromatic heterocycles. The molecule has 1 aromatic rings. The second-order valence-corrected chi connectivity index (χ2v) is 5.07. The first-order valence-corrected chi connectivity index (χ1v) is 6.78. The topological polar surface area (TPSA) is 40.5 Å². The molecule has 1 heterocycles. The molecule has 18 heavy (non-hydrogen) atoms. The van der Waals surface area contributed by atoms with Crippen LogP contribution in [0.4, 0.5) is 0 Å². The smallest absolute Gasteiger partial charge is 0.255 e. The minimum atomic E-state index is -0.0729. The lowest BCUT2D eigenvalue weighted by atomic mass is 10.1. The molecule has 3 nitrogen and oxygen atoms in total. The molecule has 1 amide bonds. The van der Waals surface area contributed by atoms with Crippen molar-refractivity contribution in [3.05, 3.63) is 34.9 Å². The third-order valence-corrected chi connectivity index (χ3v) is 3.78. The summed E-state index contributed by atoms with van der Waals surface area (Å²) >= 11 is 6.06. The highest BCUT2D eigenvalue weighted by Gasteiger charge is 2.26. The first-order valence-electron chi connectivity index (χ1n) is 6.40. The number of halogens is 1. The number of hydrogen-bond acceptors (Lipinski definition) is 2. The summed E-state index contributed by atoms with van der Waals surface area (Å²) in [6.45, 7) is 0.728. The van der Waals surface area contributed by atoms with Gasteiger partial charge in [0.05, 0.1) is 23.2 Å². The van der Waals surface area contributed by atoms with Crippen LogP contribution < -0.4 is 0 Å². The molecule has 1 aliphatic rings. The zero-order valence-electron chi connectivity index (χ0n) is 10.3. The Kier molecular flexibility index (Phi) is 4.61. The van der Waals surface area contributed by atoms with Gasteiger partial charge in [0.25, 0.3) is 5.91 Å². The van der Waals surface area contributed by atoms with Gasteiger partial charge in [-0.05, 0) is 25.0 Å². The van der Waals surface area contributed by atoms with Crippen molar-refractivity contribution in [1.29, 1.82) is 0 Å².